The maximum atomic E-state index is 13.3. The van der Waals surface area contributed by atoms with E-state index in [-0.39, 0.29) is 11.6 Å². The molecule has 0 saturated heterocycles. The van der Waals surface area contributed by atoms with Crippen molar-refractivity contribution in [1.29, 1.82) is 0 Å². The fourth-order valence-electron chi connectivity index (χ4n) is 2.94. The van der Waals surface area contributed by atoms with Gasteiger partial charge in [0.05, 0.1) is 23.3 Å². The lowest BCUT2D eigenvalue weighted by molar-refractivity contribution is -0.137. The van der Waals surface area contributed by atoms with Crippen LogP contribution in [-0.2, 0) is 13.2 Å². The zero-order valence-electron chi connectivity index (χ0n) is 15.9. The van der Waals surface area contributed by atoms with Crippen LogP contribution in [-0.4, -0.2) is 24.3 Å². The zero-order valence-corrected chi connectivity index (χ0v) is 15.9. The molecule has 0 spiro atoms. The van der Waals surface area contributed by atoms with Gasteiger partial charge in [0.1, 0.15) is 5.82 Å². The molecule has 0 atom stereocenters. The van der Waals surface area contributed by atoms with Crippen LogP contribution >= 0.6 is 0 Å². The van der Waals surface area contributed by atoms with Gasteiger partial charge >= 0.3 is 6.18 Å². The Labute approximate surface area is 168 Å². The van der Waals surface area contributed by atoms with Gasteiger partial charge in [-0.05, 0) is 49.4 Å². The van der Waals surface area contributed by atoms with E-state index in [0.717, 1.165) is 23.5 Å². The summed E-state index contributed by atoms with van der Waals surface area (Å²) in [7, 11) is 1.55. The van der Waals surface area contributed by atoms with Gasteiger partial charge in [-0.3, -0.25) is 0 Å². The Morgan fingerprint density at radius 3 is 2.40 bits per heavy atom. The third-order valence-electron chi connectivity index (χ3n) is 4.43. The van der Waals surface area contributed by atoms with Crippen molar-refractivity contribution in [1.82, 2.24) is 24.3 Å². The van der Waals surface area contributed by atoms with E-state index in [0.29, 0.717) is 17.5 Å². The highest BCUT2D eigenvalue weighted by Crippen LogP contribution is 2.36. The number of aryl methyl sites for hydroxylation is 2. The summed E-state index contributed by atoms with van der Waals surface area (Å²) >= 11 is 0. The molecule has 0 radical (unpaired) electrons. The van der Waals surface area contributed by atoms with Crippen LogP contribution < -0.4 is 5.32 Å². The average Bonchev–Trinajstić information content (AvgIpc) is 3.28. The maximum absolute atomic E-state index is 13.3. The average molecular weight is 416 g/mol. The number of hydrogen-bond donors (Lipinski definition) is 1. The van der Waals surface area contributed by atoms with Crippen LogP contribution in [0.1, 0.15) is 11.3 Å². The first-order valence-corrected chi connectivity index (χ1v) is 8.87. The van der Waals surface area contributed by atoms with E-state index in [9.17, 15) is 17.6 Å². The molecule has 10 heteroatoms. The number of hydrogen-bond acceptors (Lipinski definition) is 4. The van der Waals surface area contributed by atoms with E-state index in [1.165, 1.54) is 4.68 Å². The minimum absolute atomic E-state index is 0.0939. The molecule has 2 aromatic carbocycles. The minimum Gasteiger partial charge on any atom is -0.324 e. The Morgan fingerprint density at radius 1 is 1.03 bits per heavy atom. The van der Waals surface area contributed by atoms with Crippen LogP contribution in [0.3, 0.4) is 0 Å². The van der Waals surface area contributed by atoms with Crippen molar-refractivity contribution in [2.75, 3.05) is 5.32 Å². The SMILES string of the molecule is Cc1cn(-c2ccc(-c3nc(Nc4ccc(F)cc4C(F)(F)F)n(C)n3)cc2)cn1. The molecule has 30 heavy (non-hydrogen) atoms. The molecule has 6 nitrogen and oxygen atoms in total. The van der Waals surface area contributed by atoms with Gasteiger partial charge in [-0.15, -0.1) is 5.10 Å². The number of alkyl halides is 3. The molecule has 0 aliphatic heterocycles. The topological polar surface area (TPSA) is 60.6 Å². The highest BCUT2D eigenvalue weighted by molar-refractivity contribution is 5.63. The molecule has 0 aliphatic carbocycles. The largest absolute Gasteiger partial charge is 0.418 e. The predicted molar refractivity (Wildman–Crippen MR) is 103 cm³/mol. The monoisotopic (exact) mass is 416 g/mol. The van der Waals surface area contributed by atoms with E-state index in [1.807, 2.05) is 42.0 Å². The molecule has 4 rings (SSSR count). The first-order chi connectivity index (χ1) is 14.2. The number of nitrogens with one attached hydrogen (secondary N) is 1. The van der Waals surface area contributed by atoms with Gasteiger partial charge < -0.3 is 9.88 Å². The lowest BCUT2D eigenvalue weighted by Crippen LogP contribution is -2.11. The van der Waals surface area contributed by atoms with Gasteiger partial charge in [-0.2, -0.15) is 18.2 Å². The molecule has 0 amide bonds. The van der Waals surface area contributed by atoms with Gasteiger partial charge in [-0.1, -0.05) is 0 Å². The third-order valence-corrected chi connectivity index (χ3v) is 4.43. The Kier molecular flexibility index (Phi) is 4.76. The summed E-state index contributed by atoms with van der Waals surface area (Å²) in [5.41, 5.74) is 1.05. The fourth-order valence-corrected chi connectivity index (χ4v) is 2.94. The molecule has 2 heterocycles. The van der Waals surface area contributed by atoms with Crippen LogP contribution in [0.4, 0.5) is 29.2 Å². The second-order valence-electron chi connectivity index (χ2n) is 6.66. The second kappa shape index (κ2) is 7.29. The quantitative estimate of drug-likeness (QED) is 0.482. The third kappa shape index (κ3) is 3.88. The second-order valence-corrected chi connectivity index (χ2v) is 6.66. The summed E-state index contributed by atoms with van der Waals surface area (Å²) in [6.07, 6.45) is -1.13. The maximum Gasteiger partial charge on any atom is 0.418 e. The number of aromatic nitrogens is 5. The number of anilines is 2. The van der Waals surface area contributed by atoms with Crippen molar-refractivity contribution in [2.24, 2.45) is 7.05 Å². The molecular formula is C20H16F4N6. The highest BCUT2D eigenvalue weighted by Gasteiger charge is 2.34. The fraction of sp³-hybridized carbons (Fsp3) is 0.150. The van der Waals surface area contributed by atoms with E-state index in [4.69, 9.17) is 0 Å². The van der Waals surface area contributed by atoms with Crippen LogP contribution in [0, 0.1) is 12.7 Å². The number of imidazole rings is 1. The van der Waals surface area contributed by atoms with Crippen molar-refractivity contribution < 1.29 is 17.6 Å². The molecule has 0 bridgehead atoms. The van der Waals surface area contributed by atoms with Crippen molar-refractivity contribution >= 4 is 11.6 Å². The Morgan fingerprint density at radius 2 is 1.77 bits per heavy atom. The summed E-state index contributed by atoms with van der Waals surface area (Å²) < 4.78 is 56.2. The molecule has 0 unspecified atom stereocenters. The van der Waals surface area contributed by atoms with Crippen molar-refractivity contribution in [3.8, 4) is 17.1 Å². The number of rotatable bonds is 4. The van der Waals surface area contributed by atoms with Crippen molar-refractivity contribution in [3.05, 3.63) is 72.1 Å². The Bertz CT molecular complexity index is 1190. The van der Waals surface area contributed by atoms with Crippen molar-refractivity contribution in [3.63, 3.8) is 0 Å². The van der Waals surface area contributed by atoms with Crippen molar-refractivity contribution in [2.45, 2.75) is 13.1 Å². The van der Waals surface area contributed by atoms with E-state index in [1.54, 1.807) is 13.4 Å². The van der Waals surface area contributed by atoms with Gasteiger partial charge in [0, 0.05) is 24.5 Å². The van der Waals surface area contributed by atoms with E-state index < -0.39 is 17.6 Å². The molecule has 0 fully saturated rings. The summed E-state index contributed by atoms with van der Waals surface area (Å²) in [5.74, 6) is -0.542. The molecule has 4 aromatic rings. The number of halogens is 4. The lowest BCUT2D eigenvalue weighted by Gasteiger charge is -2.13. The molecule has 2 aromatic heterocycles. The predicted octanol–water partition coefficient (Wildman–Crippen LogP) is 4.88. The van der Waals surface area contributed by atoms with Crippen LogP contribution in [0.25, 0.3) is 17.1 Å². The van der Waals surface area contributed by atoms with Crippen LogP contribution in [0.2, 0.25) is 0 Å². The highest BCUT2D eigenvalue weighted by atomic mass is 19.4. The Balaban J connectivity index is 1.62. The number of nitrogens with zero attached hydrogens (tertiary/aromatic N) is 5. The standard InChI is InChI=1S/C20H16F4N6/c1-12-10-30(11-25-12)15-6-3-13(4-7-15)18-27-19(29(2)28-18)26-17-8-5-14(21)9-16(17)20(22,23)24/h3-11H,1-2H3,(H,26,27,28). The lowest BCUT2D eigenvalue weighted by atomic mass is 10.1. The first-order valence-electron chi connectivity index (χ1n) is 8.87. The van der Waals surface area contributed by atoms with Gasteiger partial charge in [-0.25, -0.2) is 14.1 Å². The van der Waals surface area contributed by atoms with Gasteiger partial charge in [0.15, 0.2) is 5.82 Å². The van der Waals surface area contributed by atoms with Crippen LogP contribution in [0.5, 0.6) is 0 Å². The zero-order chi connectivity index (χ0) is 21.5. The minimum atomic E-state index is -4.71. The smallest absolute Gasteiger partial charge is 0.324 e. The molecule has 0 saturated carbocycles. The summed E-state index contributed by atoms with van der Waals surface area (Å²) in [4.78, 5) is 8.47. The molecular weight excluding hydrogens is 400 g/mol. The van der Waals surface area contributed by atoms with Crippen LogP contribution in [0.15, 0.2) is 55.0 Å². The normalized spacial score (nSPS) is 11.7. The van der Waals surface area contributed by atoms with E-state index in [2.05, 4.69) is 20.4 Å². The molecule has 154 valence electrons. The molecule has 0 aliphatic rings. The van der Waals surface area contributed by atoms with E-state index >= 15 is 0 Å². The summed E-state index contributed by atoms with van der Waals surface area (Å²) in [5, 5.41) is 6.86. The first kappa shape index (κ1) is 19.6. The van der Waals surface area contributed by atoms with Gasteiger partial charge in [0.25, 0.3) is 0 Å². The number of benzene rings is 2. The summed E-state index contributed by atoms with van der Waals surface area (Å²) in [6, 6.07) is 9.75. The Hall–Kier alpha value is -3.69. The summed E-state index contributed by atoms with van der Waals surface area (Å²) in [6.45, 7) is 1.89. The molecule has 1 N–H and O–H groups in total. The van der Waals surface area contributed by atoms with Gasteiger partial charge in [0.2, 0.25) is 5.95 Å².